The van der Waals surface area contributed by atoms with Crippen molar-refractivity contribution in [1.82, 2.24) is 9.97 Å². The summed E-state index contributed by atoms with van der Waals surface area (Å²) >= 11 is 6.91. The predicted molar refractivity (Wildman–Crippen MR) is 75.0 cm³/mol. The van der Waals surface area contributed by atoms with Crippen molar-refractivity contribution in [2.45, 2.75) is 6.92 Å². The normalized spacial score (nSPS) is 10.9. The topological polar surface area (TPSA) is 28.7 Å². The van der Waals surface area contributed by atoms with Crippen LogP contribution < -0.4 is 0 Å². The molecule has 0 unspecified atom stereocenters. The van der Waals surface area contributed by atoms with Gasteiger partial charge < -0.3 is 4.98 Å². The summed E-state index contributed by atoms with van der Waals surface area (Å²) in [5.41, 5.74) is 2.23. The van der Waals surface area contributed by atoms with Gasteiger partial charge in [-0.15, -0.1) is 11.3 Å². The van der Waals surface area contributed by atoms with Gasteiger partial charge >= 0.3 is 0 Å². The van der Waals surface area contributed by atoms with Gasteiger partial charge in [0.15, 0.2) is 0 Å². The zero-order chi connectivity index (χ0) is 11.8. The Balaban J connectivity index is 2.33. The highest BCUT2D eigenvalue weighted by Crippen LogP contribution is 2.31. The number of hydrogen-bond donors (Lipinski definition) is 1. The second-order valence-electron chi connectivity index (χ2n) is 3.86. The number of thiophene rings is 1. The van der Waals surface area contributed by atoms with Crippen LogP contribution in [-0.2, 0) is 0 Å². The summed E-state index contributed by atoms with van der Waals surface area (Å²) in [6.07, 6.45) is 0. The van der Waals surface area contributed by atoms with Crippen molar-refractivity contribution in [1.29, 1.82) is 0 Å². The summed E-state index contributed by atoms with van der Waals surface area (Å²) < 4.78 is 1.91. The Morgan fingerprint density at radius 1 is 1.29 bits per heavy atom. The van der Waals surface area contributed by atoms with E-state index in [9.17, 15) is 0 Å². The van der Waals surface area contributed by atoms with E-state index in [-0.39, 0.29) is 0 Å². The van der Waals surface area contributed by atoms with Gasteiger partial charge in [0.05, 0.1) is 5.69 Å². The largest absolute Gasteiger partial charge is 0.343 e. The summed E-state index contributed by atoms with van der Waals surface area (Å²) in [6, 6.07) is 10.3. The van der Waals surface area contributed by atoms with Gasteiger partial charge in [-0.05, 0) is 29.8 Å². The fourth-order valence-electron chi connectivity index (χ4n) is 1.93. The Kier molecular flexibility index (Phi) is 2.53. The molecular weight excluding hydrogens is 248 g/mol. The lowest BCUT2D eigenvalue weighted by atomic mass is 10.1. The fraction of sp³-hybridized carbons (Fsp3) is 0.0769. The number of hydrogen-bond acceptors (Lipinski definition) is 3. The molecule has 0 aliphatic carbocycles. The van der Waals surface area contributed by atoms with E-state index >= 15 is 0 Å². The number of nitrogens with one attached hydrogen (secondary N) is 1. The van der Waals surface area contributed by atoms with E-state index in [2.05, 4.69) is 39.6 Å². The zero-order valence-electron chi connectivity index (χ0n) is 9.23. The minimum Gasteiger partial charge on any atom is -0.343 e. The minimum atomic E-state index is 0.629. The lowest BCUT2D eigenvalue weighted by Gasteiger charge is -2.04. The molecule has 3 aromatic rings. The van der Waals surface area contributed by atoms with E-state index < -0.39 is 0 Å². The van der Waals surface area contributed by atoms with E-state index in [0.717, 1.165) is 11.5 Å². The van der Waals surface area contributed by atoms with Crippen molar-refractivity contribution in [2.24, 2.45) is 0 Å². The van der Waals surface area contributed by atoms with Crippen molar-refractivity contribution < 1.29 is 0 Å². The molecule has 0 spiro atoms. The van der Waals surface area contributed by atoms with Crippen molar-refractivity contribution in [3.63, 3.8) is 0 Å². The second kappa shape index (κ2) is 4.05. The molecule has 2 nitrogen and oxygen atoms in total. The average molecular weight is 258 g/mol. The molecule has 0 saturated heterocycles. The van der Waals surface area contributed by atoms with Crippen LogP contribution in [0.4, 0.5) is 0 Å². The van der Waals surface area contributed by atoms with Crippen molar-refractivity contribution in [2.75, 3.05) is 0 Å². The Morgan fingerprint density at radius 2 is 2.18 bits per heavy atom. The van der Waals surface area contributed by atoms with Crippen LogP contribution in [0.25, 0.3) is 21.3 Å². The minimum absolute atomic E-state index is 0.629. The van der Waals surface area contributed by atoms with E-state index in [4.69, 9.17) is 12.2 Å². The number of rotatable bonds is 1. The van der Waals surface area contributed by atoms with Gasteiger partial charge in [0.25, 0.3) is 0 Å². The highest BCUT2D eigenvalue weighted by molar-refractivity contribution is 7.71. The highest BCUT2D eigenvalue weighted by atomic mass is 32.1. The molecule has 2 aromatic heterocycles. The van der Waals surface area contributed by atoms with Crippen LogP contribution in [0.5, 0.6) is 0 Å². The monoisotopic (exact) mass is 258 g/mol. The molecule has 0 aliphatic heterocycles. The van der Waals surface area contributed by atoms with Crippen molar-refractivity contribution in [3.8, 4) is 11.3 Å². The fourth-order valence-corrected chi connectivity index (χ4v) is 3.11. The molecule has 84 valence electrons. The standard InChI is InChI=1S/C13H10N2S2/c1-8-14-11(7-12(16)15-8)10-4-2-3-9-5-6-17-13(9)10/h2-7H,1H3,(H,14,15,16). The first-order valence-electron chi connectivity index (χ1n) is 5.28. The van der Waals surface area contributed by atoms with Crippen LogP contribution in [-0.4, -0.2) is 9.97 Å². The third-order valence-corrected chi connectivity index (χ3v) is 3.80. The summed E-state index contributed by atoms with van der Waals surface area (Å²) in [5.74, 6) is 0.848. The third kappa shape index (κ3) is 1.90. The summed E-state index contributed by atoms with van der Waals surface area (Å²) in [7, 11) is 0. The number of aromatic nitrogens is 2. The smallest absolute Gasteiger partial charge is 0.130 e. The molecule has 0 fully saturated rings. The maximum atomic E-state index is 5.16. The van der Waals surface area contributed by atoms with E-state index in [1.54, 1.807) is 11.3 Å². The lowest BCUT2D eigenvalue weighted by molar-refractivity contribution is 1.05. The first-order valence-corrected chi connectivity index (χ1v) is 6.57. The van der Waals surface area contributed by atoms with Gasteiger partial charge in [-0.1, -0.05) is 30.4 Å². The van der Waals surface area contributed by atoms with Gasteiger partial charge in [-0.25, -0.2) is 4.98 Å². The number of fused-ring (bicyclic) bond motifs is 1. The molecule has 0 atom stereocenters. The van der Waals surface area contributed by atoms with E-state index in [1.165, 1.54) is 15.6 Å². The summed E-state index contributed by atoms with van der Waals surface area (Å²) in [5, 5.41) is 3.37. The van der Waals surface area contributed by atoms with Crippen LogP contribution >= 0.6 is 23.6 Å². The molecular formula is C13H10N2S2. The molecule has 0 bridgehead atoms. The first kappa shape index (κ1) is 10.6. The van der Waals surface area contributed by atoms with Gasteiger partial charge in [-0.2, -0.15) is 0 Å². The van der Waals surface area contributed by atoms with Gasteiger partial charge in [0.2, 0.25) is 0 Å². The average Bonchev–Trinajstić information content (AvgIpc) is 2.75. The Morgan fingerprint density at radius 3 is 3.00 bits per heavy atom. The van der Waals surface area contributed by atoms with Crippen molar-refractivity contribution in [3.05, 3.63) is 46.2 Å². The Bertz CT molecular complexity index is 740. The number of aryl methyl sites for hydroxylation is 1. The predicted octanol–water partition coefficient (Wildman–Crippen LogP) is 4.33. The first-order chi connectivity index (χ1) is 8.24. The summed E-state index contributed by atoms with van der Waals surface area (Å²) in [6.45, 7) is 1.92. The Labute approximate surface area is 108 Å². The molecule has 1 aromatic carbocycles. The van der Waals surface area contributed by atoms with Gasteiger partial charge in [-0.3, -0.25) is 0 Å². The SMILES string of the molecule is Cc1nc(=S)cc(-c2cccc3ccsc23)[nH]1. The zero-order valence-corrected chi connectivity index (χ0v) is 10.9. The van der Waals surface area contributed by atoms with Crippen LogP contribution in [0.1, 0.15) is 5.82 Å². The molecule has 1 N–H and O–H groups in total. The quantitative estimate of drug-likeness (QED) is 0.658. The molecule has 17 heavy (non-hydrogen) atoms. The van der Waals surface area contributed by atoms with Crippen molar-refractivity contribution >= 4 is 33.6 Å². The maximum Gasteiger partial charge on any atom is 0.130 e. The number of nitrogens with zero attached hydrogens (tertiary/aromatic N) is 1. The molecule has 0 saturated carbocycles. The van der Waals surface area contributed by atoms with Crippen LogP contribution in [0, 0.1) is 11.6 Å². The number of aromatic amines is 1. The van der Waals surface area contributed by atoms with E-state index in [0.29, 0.717) is 4.64 Å². The molecule has 0 radical (unpaired) electrons. The Hall–Kier alpha value is -1.52. The third-order valence-electron chi connectivity index (χ3n) is 2.63. The van der Waals surface area contributed by atoms with Crippen LogP contribution in [0.3, 0.4) is 0 Å². The number of benzene rings is 1. The molecule has 0 aliphatic rings. The van der Waals surface area contributed by atoms with E-state index in [1.807, 2.05) is 13.0 Å². The van der Waals surface area contributed by atoms with Crippen LogP contribution in [0.2, 0.25) is 0 Å². The number of H-pyrrole nitrogens is 1. The molecule has 4 heteroatoms. The van der Waals surface area contributed by atoms with Gasteiger partial charge in [0.1, 0.15) is 10.5 Å². The van der Waals surface area contributed by atoms with Gasteiger partial charge in [0, 0.05) is 10.3 Å². The highest BCUT2D eigenvalue weighted by Gasteiger charge is 2.05. The maximum absolute atomic E-state index is 5.16. The lowest BCUT2D eigenvalue weighted by Crippen LogP contribution is -1.91. The van der Waals surface area contributed by atoms with Crippen LogP contribution in [0.15, 0.2) is 35.7 Å². The molecule has 0 amide bonds. The summed E-state index contributed by atoms with van der Waals surface area (Å²) in [4.78, 5) is 7.47. The molecule has 2 heterocycles. The second-order valence-corrected chi connectivity index (χ2v) is 5.20. The molecule has 3 rings (SSSR count).